The highest BCUT2D eigenvalue weighted by atomic mass is 16.2. The molecule has 30 heavy (non-hydrogen) atoms. The molecule has 0 radical (unpaired) electrons. The Balaban J connectivity index is 1.55. The van der Waals surface area contributed by atoms with Gasteiger partial charge in [0.05, 0.1) is 11.4 Å². The molecule has 0 aromatic heterocycles. The van der Waals surface area contributed by atoms with Gasteiger partial charge in [-0.1, -0.05) is 43.9 Å². The van der Waals surface area contributed by atoms with Crippen molar-refractivity contribution in [3.63, 3.8) is 0 Å². The number of anilines is 2. The molecule has 0 unspecified atom stereocenters. The number of hydrogen-bond acceptors (Lipinski definition) is 4. The fraction of sp³-hybridized carbons (Fsp3) is 0.417. The van der Waals surface area contributed by atoms with E-state index in [1.54, 1.807) is 12.1 Å². The van der Waals surface area contributed by atoms with Crippen LogP contribution in [0.1, 0.15) is 51.4 Å². The third-order valence-corrected chi connectivity index (χ3v) is 6.00. The molecule has 0 atom stereocenters. The highest BCUT2D eigenvalue weighted by molar-refractivity contribution is 5.98. The second kappa shape index (κ2) is 9.65. The maximum absolute atomic E-state index is 12.7. The summed E-state index contributed by atoms with van der Waals surface area (Å²) >= 11 is 0. The second-order valence-corrected chi connectivity index (χ2v) is 8.21. The SMILES string of the molecule is O=C(Nc1ccc(N=Nc2ccccc2)c(NC(=O)C2CCCC2)c1)C1CCCC1. The van der Waals surface area contributed by atoms with E-state index < -0.39 is 0 Å². The summed E-state index contributed by atoms with van der Waals surface area (Å²) in [6.07, 6.45) is 8.14. The molecule has 4 rings (SSSR count). The Hall–Kier alpha value is -3.02. The van der Waals surface area contributed by atoms with Gasteiger partial charge in [-0.05, 0) is 56.0 Å². The van der Waals surface area contributed by atoms with E-state index in [1.807, 2.05) is 36.4 Å². The zero-order valence-electron chi connectivity index (χ0n) is 17.1. The summed E-state index contributed by atoms with van der Waals surface area (Å²) in [5.41, 5.74) is 2.57. The summed E-state index contributed by atoms with van der Waals surface area (Å²) in [6, 6.07) is 14.9. The number of amides is 2. The second-order valence-electron chi connectivity index (χ2n) is 8.21. The number of hydrogen-bond donors (Lipinski definition) is 2. The van der Waals surface area contributed by atoms with Gasteiger partial charge >= 0.3 is 0 Å². The predicted molar refractivity (Wildman–Crippen MR) is 118 cm³/mol. The van der Waals surface area contributed by atoms with Crippen molar-refractivity contribution in [1.82, 2.24) is 0 Å². The van der Waals surface area contributed by atoms with Crippen LogP contribution < -0.4 is 10.6 Å². The molecule has 0 spiro atoms. The van der Waals surface area contributed by atoms with Crippen LogP contribution >= 0.6 is 0 Å². The van der Waals surface area contributed by atoms with Crippen molar-refractivity contribution < 1.29 is 9.59 Å². The lowest BCUT2D eigenvalue weighted by molar-refractivity contribution is -0.120. The van der Waals surface area contributed by atoms with Gasteiger partial charge < -0.3 is 10.6 Å². The van der Waals surface area contributed by atoms with Crippen LogP contribution in [0.5, 0.6) is 0 Å². The standard InChI is InChI=1S/C24H28N4O2/c29-23(17-8-4-5-9-17)25-20-14-15-21(28-27-19-12-2-1-3-13-19)22(16-20)26-24(30)18-10-6-7-11-18/h1-3,12-18H,4-11H2,(H,25,29)(H,26,30). The first kappa shape index (κ1) is 20.3. The summed E-state index contributed by atoms with van der Waals surface area (Å²) in [4.78, 5) is 25.2. The minimum absolute atomic E-state index is 0.0166. The minimum atomic E-state index is 0.0166. The molecule has 2 saturated carbocycles. The summed E-state index contributed by atoms with van der Waals surface area (Å²) in [5.74, 6) is 0.196. The van der Waals surface area contributed by atoms with Crippen LogP contribution in [-0.2, 0) is 9.59 Å². The van der Waals surface area contributed by atoms with Crippen LogP contribution in [0.4, 0.5) is 22.7 Å². The molecule has 0 bridgehead atoms. The molecule has 2 aliphatic carbocycles. The number of carbonyl (C=O) groups is 2. The van der Waals surface area contributed by atoms with Gasteiger partial charge in [-0.2, -0.15) is 5.11 Å². The van der Waals surface area contributed by atoms with Gasteiger partial charge in [-0.25, -0.2) is 0 Å². The van der Waals surface area contributed by atoms with Gasteiger partial charge in [-0.15, -0.1) is 5.11 Å². The Morgan fingerprint density at radius 3 is 1.97 bits per heavy atom. The third-order valence-electron chi connectivity index (χ3n) is 6.00. The molecule has 0 aliphatic heterocycles. The lowest BCUT2D eigenvalue weighted by Crippen LogP contribution is -2.21. The fourth-order valence-electron chi connectivity index (χ4n) is 4.26. The zero-order chi connectivity index (χ0) is 20.8. The van der Waals surface area contributed by atoms with E-state index in [9.17, 15) is 9.59 Å². The van der Waals surface area contributed by atoms with E-state index in [0.29, 0.717) is 17.1 Å². The molecule has 2 amide bonds. The van der Waals surface area contributed by atoms with Crippen molar-refractivity contribution in [2.24, 2.45) is 22.1 Å². The smallest absolute Gasteiger partial charge is 0.227 e. The average molecular weight is 405 g/mol. The number of nitrogens with one attached hydrogen (secondary N) is 2. The van der Waals surface area contributed by atoms with Gasteiger partial charge in [0.15, 0.2) is 0 Å². The topological polar surface area (TPSA) is 82.9 Å². The molecule has 6 heteroatoms. The van der Waals surface area contributed by atoms with E-state index in [-0.39, 0.29) is 23.7 Å². The molecule has 156 valence electrons. The molecule has 2 aromatic carbocycles. The summed E-state index contributed by atoms with van der Waals surface area (Å²) in [7, 11) is 0. The van der Waals surface area contributed by atoms with Crippen molar-refractivity contribution in [2.75, 3.05) is 10.6 Å². The summed E-state index contributed by atoms with van der Waals surface area (Å²) in [5, 5.41) is 14.7. The number of nitrogens with zero attached hydrogens (tertiary/aromatic N) is 2. The van der Waals surface area contributed by atoms with Crippen LogP contribution in [0, 0.1) is 11.8 Å². The number of carbonyl (C=O) groups excluding carboxylic acids is 2. The van der Waals surface area contributed by atoms with Crippen molar-refractivity contribution in [3.8, 4) is 0 Å². The van der Waals surface area contributed by atoms with Crippen molar-refractivity contribution in [3.05, 3.63) is 48.5 Å². The van der Waals surface area contributed by atoms with Crippen LogP contribution in [0.2, 0.25) is 0 Å². The highest BCUT2D eigenvalue weighted by Gasteiger charge is 2.25. The van der Waals surface area contributed by atoms with Gasteiger partial charge in [0.1, 0.15) is 5.69 Å². The van der Waals surface area contributed by atoms with Crippen molar-refractivity contribution >= 4 is 34.6 Å². The summed E-state index contributed by atoms with van der Waals surface area (Å²) in [6.45, 7) is 0. The van der Waals surface area contributed by atoms with Crippen LogP contribution in [0.3, 0.4) is 0 Å². The Bertz CT molecular complexity index is 914. The quantitative estimate of drug-likeness (QED) is 0.549. The van der Waals surface area contributed by atoms with E-state index in [1.165, 1.54) is 0 Å². The van der Waals surface area contributed by atoms with Gasteiger partial charge in [-0.3, -0.25) is 9.59 Å². The normalized spacial score (nSPS) is 17.5. The summed E-state index contributed by atoms with van der Waals surface area (Å²) < 4.78 is 0. The molecule has 0 saturated heterocycles. The fourth-order valence-corrected chi connectivity index (χ4v) is 4.26. The largest absolute Gasteiger partial charge is 0.326 e. The Morgan fingerprint density at radius 2 is 1.33 bits per heavy atom. The predicted octanol–water partition coefficient (Wildman–Crippen LogP) is 6.36. The number of benzene rings is 2. The molecule has 6 nitrogen and oxygen atoms in total. The van der Waals surface area contributed by atoms with E-state index in [2.05, 4.69) is 20.9 Å². The Morgan fingerprint density at radius 1 is 0.733 bits per heavy atom. The molecule has 0 heterocycles. The molecular formula is C24H28N4O2. The van der Waals surface area contributed by atoms with Crippen LogP contribution in [0.25, 0.3) is 0 Å². The molecule has 2 aliphatic rings. The Labute approximate surface area is 177 Å². The minimum Gasteiger partial charge on any atom is -0.326 e. The van der Waals surface area contributed by atoms with Crippen molar-refractivity contribution in [2.45, 2.75) is 51.4 Å². The van der Waals surface area contributed by atoms with Gasteiger partial charge in [0.25, 0.3) is 0 Å². The maximum Gasteiger partial charge on any atom is 0.227 e. The first-order valence-corrected chi connectivity index (χ1v) is 10.9. The average Bonchev–Trinajstić information content (AvgIpc) is 3.48. The lowest BCUT2D eigenvalue weighted by Gasteiger charge is -2.15. The molecular weight excluding hydrogens is 376 g/mol. The van der Waals surface area contributed by atoms with Crippen LogP contribution in [0.15, 0.2) is 58.8 Å². The van der Waals surface area contributed by atoms with Gasteiger partial charge in [0, 0.05) is 17.5 Å². The highest BCUT2D eigenvalue weighted by Crippen LogP contribution is 2.33. The van der Waals surface area contributed by atoms with E-state index in [4.69, 9.17) is 0 Å². The lowest BCUT2D eigenvalue weighted by atomic mass is 10.1. The first-order chi connectivity index (χ1) is 14.7. The van der Waals surface area contributed by atoms with Crippen LogP contribution in [-0.4, -0.2) is 11.8 Å². The third kappa shape index (κ3) is 5.12. The first-order valence-electron chi connectivity index (χ1n) is 10.9. The molecule has 2 N–H and O–H groups in total. The van der Waals surface area contributed by atoms with Crippen molar-refractivity contribution in [1.29, 1.82) is 0 Å². The van der Waals surface area contributed by atoms with Gasteiger partial charge in [0.2, 0.25) is 11.8 Å². The Kier molecular flexibility index (Phi) is 6.52. The number of azo groups is 1. The number of rotatable bonds is 6. The zero-order valence-corrected chi connectivity index (χ0v) is 17.1. The monoisotopic (exact) mass is 404 g/mol. The van der Waals surface area contributed by atoms with E-state index in [0.717, 1.165) is 57.1 Å². The molecule has 2 fully saturated rings. The maximum atomic E-state index is 12.7. The van der Waals surface area contributed by atoms with E-state index >= 15 is 0 Å². The molecule has 2 aromatic rings.